The summed E-state index contributed by atoms with van der Waals surface area (Å²) < 4.78 is 27.2. The number of hydrogen-bond donors (Lipinski definition) is 1. The number of likely N-dealkylation sites (tertiary alicyclic amines) is 1. The lowest BCUT2D eigenvalue weighted by atomic mass is 10.2. The molecule has 0 saturated carbocycles. The van der Waals surface area contributed by atoms with Crippen molar-refractivity contribution in [3.8, 4) is 0 Å². The van der Waals surface area contributed by atoms with E-state index < -0.39 is 10.0 Å². The summed E-state index contributed by atoms with van der Waals surface area (Å²) in [4.78, 5) is 13.2. The van der Waals surface area contributed by atoms with Crippen molar-refractivity contribution in [2.45, 2.75) is 31.2 Å². The summed E-state index contributed by atoms with van der Waals surface area (Å²) in [6.45, 7) is 4.11. The highest BCUT2D eigenvalue weighted by atomic mass is 32.2. The molecule has 1 fully saturated rings. The lowest BCUT2D eigenvalue weighted by Crippen LogP contribution is -2.36. The molecule has 0 bridgehead atoms. The van der Waals surface area contributed by atoms with Gasteiger partial charge in [0.15, 0.2) is 0 Å². The summed E-state index contributed by atoms with van der Waals surface area (Å²) >= 11 is 0. The van der Waals surface area contributed by atoms with Gasteiger partial charge in [-0.05, 0) is 25.5 Å². The van der Waals surface area contributed by atoms with Gasteiger partial charge in [-0.1, -0.05) is 17.7 Å². The van der Waals surface area contributed by atoms with E-state index in [9.17, 15) is 13.2 Å². The second-order valence-electron chi connectivity index (χ2n) is 5.07. The molecule has 1 heterocycles. The first-order chi connectivity index (χ1) is 8.79. The van der Waals surface area contributed by atoms with Crippen molar-refractivity contribution in [2.75, 3.05) is 13.6 Å². The molecule has 5 nitrogen and oxygen atoms in total. The zero-order chi connectivity index (χ0) is 14.2. The zero-order valence-electron chi connectivity index (χ0n) is 11.3. The molecule has 104 valence electrons. The fourth-order valence-corrected chi connectivity index (χ4v) is 3.78. The Bertz CT molecular complexity index is 610. The molecule has 6 heteroatoms. The Balaban J connectivity index is 2.21. The summed E-state index contributed by atoms with van der Waals surface area (Å²) in [6.07, 6.45) is 0.223. The number of carbonyl (C=O) groups is 1. The predicted octanol–water partition coefficient (Wildman–Crippen LogP) is 0.812. The Kier molecular flexibility index (Phi) is 3.64. The molecule has 1 aromatic rings. The minimum atomic E-state index is -3.57. The predicted molar refractivity (Wildman–Crippen MR) is 72.3 cm³/mol. The molecule has 1 aliphatic rings. The van der Waals surface area contributed by atoms with Gasteiger partial charge in [-0.25, -0.2) is 13.1 Å². The minimum Gasteiger partial charge on any atom is -0.344 e. The van der Waals surface area contributed by atoms with E-state index in [2.05, 4.69) is 4.72 Å². The number of nitrogens with zero attached hydrogens (tertiary/aromatic N) is 1. The van der Waals surface area contributed by atoms with Gasteiger partial charge in [-0.3, -0.25) is 4.79 Å². The third kappa shape index (κ3) is 2.96. The highest BCUT2D eigenvalue weighted by Crippen LogP contribution is 2.18. The van der Waals surface area contributed by atoms with E-state index in [-0.39, 0.29) is 23.3 Å². The maximum absolute atomic E-state index is 12.3. The summed E-state index contributed by atoms with van der Waals surface area (Å²) in [5.74, 6) is -0.0340. The lowest BCUT2D eigenvalue weighted by molar-refractivity contribution is -0.126. The van der Waals surface area contributed by atoms with Crippen LogP contribution in [0, 0.1) is 13.8 Å². The second-order valence-corrected chi connectivity index (χ2v) is 6.75. The number of hydrogen-bond acceptors (Lipinski definition) is 3. The molecule has 1 saturated heterocycles. The van der Waals surface area contributed by atoms with E-state index in [0.717, 1.165) is 5.56 Å². The van der Waals surface area contributed by atoms with Crippen LogP contribution in [0.25, 0.3) is 0 Å². The van der Waals surface area contributed by atoms with Gasteiger partial charge in [0.05, 0.1) is 4.90 Å². The van der Waals surface area contributed by atoms with Crippen LogP contribution in [0.15, 0.2) is 23.1 Å². The topological polar surface area (TPSA) is 66.5 Å². The van der Waals surface area contributed by atoms with Crippen LogP contribution in [0.4, 0.5) is 0 Å². The summed E-state index contributed by atoms with van der Waals surface area (Å²) in [5.41, 5.74) is 1.73. The van der Waals surface area contributed by atoms with E-state index in [0.29, 0.717) is 12.1 Å². The average Bonchev–Trinajstić information content (AvgIpc) is 2.56. The maximum Gasteiger partial charge on any atom is 0.241 e. The second kappa shape index (κ2) is 4.94. The highest BCUT2D eigenvalue weighted by molar-refractivity contribution is 7.89. The molecular weight excluding hydrogens is 264 g/mol. The molecule has 0 aromatic heterocycles. The van der Waals surface area contributed by atoms with Crippen LogP contribution < -0.4 is 4.72 Å². The monoisotopic (exact) mass is 282 g/mol. The largest absolute Gasteiger partial charge is 0.344 e. The van der Waals surface area contributed by atoms with Gasteiger partial charge < -0.3 is 4.90 Å². The standard InChI is InChI=1S/C13H18N2O3S/c1-9-4-5-12(10(2)6-9)19(17,18)14-11-7-13(16)15(3)8-11/h4-6,11,14H,7-8H2,1-3H3. The van der Waals surface area contributed by atoms with Crippen LogP contribution in [-0.2, 0) is 14.8 Å². The van der Waals surface area contributed by atoms with Crippen molar-refractivity contribution < 1.29 is 13.2 Å². The van der Waals surface area contributed by atoms with Gasteiger partial charge in [0.1, 0.15) is 0 Å². The number of likely N-dealkylation sites (N-methyl/N-ethyl adjacent to an activating group) is 1. The number of carbonyl (C=O) groups excluding carboxylic acids is 1. The van der Waals surface area contributed by atoms with Crippen molar-refractivity contribution in [1.82, 2.24) is 9.62 Å². The highest BCUT2D eigenvalue weighted by Gasteiger charge is 2.31. The molecule has 0 radical (unpaired) electrons. The van der Waals surface area contributed by atoms with E-state index in [4.69, 9.17) is 0 Å². The molecular formula is C13H18N2O3S. The molecule has 1 aromatic carbocycles. The smallest absolute Gasteiger partial charge is 0.241 e. The van der Waals surface area contributed by atoms with Crippen LogP contribution in [-0.4, -0.2) is 38.9 Å². The Morgan fingerprint density at radius 1 is 1.32 bits per heavy atom. The number of sulfonamides is 1. The quantitative estimate of drug-likeness (QED) is 0.892. The lowest BCUT2D eigenvalue weighted by Gasteiger charge is -2.14. The molecule has 1 atom stereocenters. The fourth-order valence-electron chi connectivity index (χ4n) is 2.33. The minimum absolute atomic E-state index is 0.0340. The normalized spacial score (nSPS) is 20.1. The molecule has 1 amide bonds. The van der Waals surface area contributed by atoms with Crippen molar-refractivity contribution in [3.63, 3.8) is 0 Å². The van der Waals surface area contributed by atoms with Crippen molar-refractivity contribution in [1.29, 1.82) is 0 Å². The Morgan fingerprint density at radius 3 is 2.53 bits per heavy atom. The van der Waals surface area contributed by atoms with E-state index >= 15 is 0 Å². The Hall–Kier alpha value is -1.40. The van der Waals surface area contributed by atoms with Gasteiger partial charge in [0.2, 0.25) is 15.9 Å². The number of rotatable bonds is 3. The van der Waals surface area contributed by atoms with Crippen LogP contribution >= 0.6 is 0 Å². The molecule has 1 unspecified atom stereocenters. The SMILES string of the molecule is Cc1ccc(S(=O)(=O)NC2CC(=O)N(C)C2)c(C)c1. The first kappa shape index (κ1) is 14.0. The van der Waals surface area contributed by atoms with Gasteiger partial charge in [-0.2, -0.15) is 0 Å². The van der Waals surface area contributed by atoms with Crippen LogP contribution in [0.2, 0.25) is 0 Å². The summed E-state index contributed by atoms with van der Waals surface area (Å²) in [5, 5.41) is 0. The van der Waals surface area contributed by atoms with Crippen molar-refractivity contribution in [3.05, 3.63) is 29.3 Å². The first-order valence-electron chi connectivity index (χ1n) is 6.13. The third-order valence-corrected chi connectivity index (χ3v) is 4.96. The van der Waals surface area contributed by atoms with Gasteiger partial charge >= 0.3 is 0 Å². The Labute approximate surface area is 113 Å². The molecule has 0 spiro atoms. The average molecular weight is 282 g/mol. The molecule has 0 aliphatic carbocycles. The number of benzene rings is 1. The van der Waals surface area contributed by atoms with E-state index in [1.165, 1.54) is 4.90 Å². The fraction of sp³-hybridized carbons (Fsp3) is 0.462. The number of amides is 1. The molecule has 2 rings (SSSR count). The van der Waals surface area contributed by atoms with Gasteiger partial charge in [-0.15, -0.1) is 0 Å². The summed E-state index contributed by atoms with van der Waals surface area (Å²) in [6, 6.07) is 4.87. The maximum atomic E-state index is 12.3. The van der Waals surface area contributed by atoms with E-state index in [1.807, 2.05) is 13.0 Å². The summed E-state index contributed by atoms with van der Waals surface area (Å²) in [7, 11) is -1.89. The number of aryl methyl sites for hydroxylation is 2. The van der Waals surface area contributed by atoms with Crippen LogP contribution in [0.3, 0.4) is 0 Å². The zero-order valence-corrected chi connectivity index (χ0v) is 12.1. The molecule has 19 heavy (non-hydrogen) atoms. The van der Waals surface area contributed by atoms with Gasteiger partial charge in [0.25, 0.3) is 0 Å². The first-order valence-corrected chi connectivity index (χ1v) is 7.61. The van der Waals surface area contributed by atoms with Crippen molar-refractivity contribution in [2.24, 2.45) is 0 Å². The van der Waals surface area contributed by atoms with Gasteiger partial charge in [0, 0.05) is 26.1 Å². The molecule has 1 N–H and O–H groups in total. The molecule has 1 aliphatic heterocycles. The van der Waals surface area contributed by atoms with Crippen molar-refractivity contribution >= 4 is 15.9 Å². The van der Waals surface area contributed by atoms with E-state index in [1.54, 1.807) is 26.1 Å². The van der Waals surface area contributed by atoms with Crippen LogP contribution in [0.5, 0.6) is 0 Å². The Morgan fingerprint density at radius 2 is 2.00 bits per heavy atom. The third-order valence-electron chi connectivity index (χ3n) is 3.28. The number of nitrogens with one attached hydrogen (secondary N) is 1. The van der Waals surface area contributed by atoms with Crippen LogP contribution in [0.1, 0.15) is 17.5 Å².